The number of rotatable bonds is 7. The standard InChI is InChI=1S/C14H19N3O8/c18-6-7-11(22)12(23)13(25-7)17-5-4-8(16-14(17)24)15-9(19)2-1-3-10(20)21/h4-5,7,11-13,18,22-23H,1-3,6H2,(H,20,21)(H,15,16,19,24)/t7-,11-,12+,13?/m1/s1. The van der Waals surface area contributed by atoms with Crippen LogP contribution in [-0.4, -0.2) is 66.8 Å². The van der Waals surface area contributed by atoms with Gasteiger partial charge in [-0.3, -0.25) is 14.2 Å². The number of nitrogens with one attached hydrogen (secondary N) is 1. The Hall–Kier alpha value is -2.34. The maximum Gasteiger partial charge on any atom is 0.351 e. The van der Waals surface area contributed by atoms with Crippen LogP contribution in [0.15, 0.2) is 17.1 Å². The molecule has 2 heterocycles. The molecule has 1 amide bonds. The van der Waals surface area contributed by atoms with Crippen molar-refractivity contribution in [2.45, 2.75) is 43.8 Å². The molecule has 0 saturated carbocycles. The number of hydrogen-bond acceptors (Lipinski definition) is 8. The summed E-state index contributed by atoms with van der Waals surface area (Å²) in [5.74, 6) is -1.53. The first-order valence-electron chi connectivity index (χ1n) is 7.56. The number of nitrogens with zero attached hydrogens (tertiary/aromatic N) is 2. The van der Waals surface area contributed by atoms with Crippen LogP contribution in [0.5, 0.6) is 0 Å². The van der Waals surface area contributed by atoms with Crippen molar-refractivity contribution in [3.63, 3.8) is 0 Å². The van der Waals surface area contributed by atoms with Gasteiger partial charge in [-0.2, -0.15) is 4.98 Å². The first-order chi connectivity index (χ1) is 11.8. The van der Waals surface area contributed by atoms with Gasteiger partial charge in [0, 0.05) is 19.0 Å². The van der Waals surface area contributed by atoms with Gasteiger partial charge >= 0.3 is 11.7 Å². The molecule has 1 aliphatic rings. The van der Waals surface area contributed by atoms with E-state index in [0.717, 1.165) is 4.57 Å². The number of ether oxygens (including phenoxy) is 1. The van der Waals surface area contributed by atoms with Crippen LogP contribution in [0, 0.1) is 0 Å². The van der Waals surface area contributed by atoms with Crippen molar-refractivity contribution in [2.24, 2.45) is 0 Å². The Bertz CT molecular complexity index is 691. The second kappa shape index (κ2) is 8.16. The number of anilines is 1. The lowest BCUT2D eigenvalue weighted by molar-refractivity contribution is -0.137. The molecular formula is C14H19N3O8. The van der Waals surface area contributed by atoms with E-state index in [9.17, 15) is 24.6 Å². The highest BCUT2D eigenvalue weighted by atomic mass is 16.6. The Kier molecular flexibility index (Phi) is 6.20. The lowest BCUT2D eigenvalue weighted by Gasteiger charge is -2.17. The minimum Gasteiger partial charge on any atom is -0.481 e. The molecule has 1 aliphatic heterocycles. The second-order valence-corrected chi connectivity index (χ2v) is 5.53. The summed E-state index contributed by atoms with van der Waals surface area (Å²) < 4.78 is 6.16. The summed E-state index contributed by atoms with van der Waals surface area (Å²) in [6.07, 6.45) is -3.82. The normalized spacial score (nSPS) is 25.7. The van der Waals surface area contributed by atoms with Gasteiger partial charge in [-0.15, -0.1) is 0 Å². The molecule has 11 heteroatoms. The third kappa shape index (κ3) is 4.60. The molecule has 2 rings (SSSR count). The summed E-state index contributed by atoms with van der Waals surface area (Å²) in [4.78, 5) is 37.7. The number of amides is 1. The molecule has 0 spiro atoms. The quantitative estimate of drug-likeness (QED) is 0.372. The maximum atomic E-state index is 12.0. The molecule has 0 radical (unpaired) electrons. The predicted octanol–water partition coefficient (Wildman–Crippen LogP) is -1.95. The van der Waals surface area contributed by atoms with Crippen LogP contribution in [0.25, 0.3) is 0 Å². The SMILES string of the molecule is O=C(O)CCCC(=O)Nc1ccn(C2O[C@H](CO)[C@@H](O)[C@@H]2O)c(=O)n1. The number of carboxylic acid groups (broad SMARTS) is 1. The summed E-state index contributed by atoms with van der Waals surface area (Å²) in [5.41, 5.74) is -0.835. The summed E-state index contributed by atoms with van der Waals surface area (Å²) >= 11 is 0. The smallest absolute Gasteiger partial charge is 0.351 e. The zero-order chi connectivity index (χ0) is 18.6. The monoisotopic (exact) mass is 357 g/mol. The van der Waals surface area contributed by atoms with Crippen LogP contribution in [0.1, 0.15) is 25.5 Å². The second-order valence-electron chi connectivity index (χ2n) is 5.53. The zero-order valence-corrected chi connectivity index (χ0v) is 13.1. The minimum absolute atomic E-state index is 0.0340. The molecule has 4 atom stereocenters. The average Bonchev–Trinajstić information content (AvgIpc) is 2.82. The van der Waals surface area contributed by atoms with Crippen molar-refractivity contribution in [1.82, 2.24) is 9.55 Å². The van der Waals surface area contributed by atoms with E-state index < -0.39 is 48.7 Å². The molecule has 25 heavy (non-hydrogen) atoms. The summed E-state index contributed by atoms with van der Waals surface area (Å²) in [6.45, 7) is -0.526. The van der Waals surface area contributed by atoms with Crippen LogP contribution in [0.3, 0.4) is 0 Å². The summed E-state index contributed by atoms with van der Waals surface area (Å²) in [5, 5.41) is 39.5. The van der Waals surface area contributed by atoms with E-state index in [2.05, 4.69) is 10.3 Å². The van der Waals surface area contributed by atoms with Crippen molar-refractivity contribution in [3.05, 3.63) is 22.7 Å². The van der Waals surface area contributed by atoms with Gasteiger partial charge in [-0.05, 0) is 12.5 Å². The van der Waals surface area contributed by atoms with E-state index in [0.29, 0.717) is 0 Å². The number of hydrogen-bond donors (Lipinski definition) is 5. The zero-order valence-electron chi connectivity index (χ0n) is 13.1. The number of carboxylic acids is 1. The van der Waals surface area contributed by atoms with Gasteiger partial charge in [0.1, 0.15) is 24.1 Å². The van der Waals surface area contributed by atoms with Gasteiger partial charge in [0.15, 0.2) is 6.23 Å². The van der Waals surface area contributed by atoms with E-state index in [1.807, 2.05) is 0 Å². The Morgan fingerprint density at radius 2 is 2.00 bits per heavy atom. The third-order valence-electron chi connectivity index (χ3n) is 3.68. The fourth-order valence-electron chi connectivity index (χ4n) is 2.39. The molecule has 0 aliphatic carbocycles. The van der Waals surface area contributed by atoms with Crippen molar-refractivity contribution in [1.29, 1.82) is 0 Å². The maximum absolute atomic E-state index is 12.0. The van der Waals surface area contributed by atoms with Crippen molar-refractivity contribution < 1.29 is 34.8 Å². The van der Waals surface area contributed by atoms with Crippen LogP contribution < -0.4 is 11.0 Å². The number of aliphatic carboxylic acids is 1. The Morgan fingerprint density at radius 3 is 2.56 bits per heavy atom. The molecular weight excluding hydrogens is 338 g/mol. The van der Waals surface area contributed by atoms with Crippen LogP contribution in [-0.2, 0) is 14.3 Å². The number of aromatic nitrogens is 2. The van der Waals surface area contributed by atoms with E-state index in [1.54, 1.807) is 0 Å². The molecule has 0 aromatic carbocycles. The topological polar surface area (TPSA) is 171 Å². The van der Waals surface area contributed by atoms with Crippen molar-refractivity contribution in [3.8, 4) is 0 Å². The molecule has 1 aromatic rings. The molecule has 5 N–H and O–H groups in total. The van der Waals surface area contributed by atoms with Gasteiger partial charge in [0.25, 0.3) is 0 Å². The highest BCUT2D eigenvalue weighted by Crippen LogP contribution is 2.28. The predicted molar refractivity (Wildman–Crippen MR) is 81.6 cm³/mol. The minimum atomic E-state index is -1.42. The van der Waals surface area contributed by atoms with Crippen molar-refractivity contribution in [2.75, 3.05) is 11.9 Å². The lowest BCUT2D eigenvalue weighted by atomic mass is 10.1. The fraction of sp³-hybridized carbons (Fsp3) is 0.571. The van der Waals surface area contributed by atoms with Gasteiger partial charge in [0.2, 0.25) is 5.91 Å². The molecule has 11 nitrogen and oxygen atoms in total. The van der Waals surface area contributed by atoms with E-state index in [-0.39, 0.29) is 25.1 Å². The molecule has 0 bridgehead atoms. The molecule has 1 aromatic heterocycles. The first kappa shape index (κ1) is 19.0. The van der Waals surface area contributed by atoms with E-state index in [1.165, 1.54) is 12.3 Å². The summed E-state index contributed by atoms with van der Waals surface area (Å²) in [6, 6.07) is 1.30. The number of aliphatic hydroxyl groups is 3. The largest absolute Gasteiger partial charge is 0.481 e. The van der Waals surface area contributed by atoms with Gasteiger partial charge < -0.3 is 30.5 Å². The Labute approximate surface area is 141 Å². The molecule has 1 saturated heterocycles. The average molecular weight is 357 g/mol. The highest BCUT2D eigenvalue weighted by molar-refractivity contribution is 5.89. The molecule has 138 valence electrons. The van der Waals surface area contributed by atoms with Crippen LogP contribution >= 0.6 is 0 Å². The van der Waals surface area contributed by atoms with Gasteiger partial charge in [0.05, 0.1) is 6.61 Å². The Balaban J connectivity index is 2.02. The molecule has 1 unspecified atom stereocenters. The Morgan fingerprint density at radius 1 is 1.28 bits per heavy atom. The number of carbonyl (C=O) groups excluding carboxylic acids is 1. The fourth-order valence-corrected chi connectivity index (χ4v) is 2.39. The number of carbonyl (C=O) groups is 2. The van der Waals surface area contributed by atoms with Crippen LogP contribution in [0.4, 0.5) is 5.82 Å². The third-order valence-corrected chi connectivity index (χ3v) is 3.68. The van der Waals surface area contributed by atoms with Crippen molar-refractivity contribution >= 4 is 17.7 Å². The van der Waals surface area contributed by atoms with E-state index in [4.69, 9.17) is 14.9 Å². The van der Waals surface area contributed by atoms with E-state index >= 15 is 0 Å². The summed E-state index contributed by atoms with van der Waals surface area (Å²) in [7, 11) is 0. The highest BCUT2D eigenvalue weighted by Gasteiger charge is 2.43. The number of aliphatic hydroxyl groups excluding tert-OH is 3. The van der Waals surface area contributed by atoms with Gasteiger partial charge in [-0.25, -0.2) is 4.79 Å². The lowest BCUT2D eigenvalue weighted by Crippen LogP contribution is -2.36. The van der Waals surface area contributed by atoms with Gasteiger partial charge in [-0.1, -0.05) is 0 Å². The molecule has 1 fully saturated rings. The van der Waals surface area contributed by atoms with Crippen LogP contribution in [0.2, 0.25) is 0 Å². The first-order valence-corrected chi connectivity index (χ1v) is 7.56.